The molecule has 0 amide bonds. The highest BCUT2D eigenvalue weighted by Gasteiger charge is 2.16. The van der Waals surface area contributed by atoms with Crippen molar-refractivity contribution in [2.75, 3.05) is 5.32 Å². The van der Waals surface area contributed by atoms with Crippen molar-refractivity contribution < 1.29 is 8.81 Å². The summed E-state index contributed by atoms with van der Waals surface area (Å²) in [5.74, 6) is 0.623. The summed E-state index contributed by atoms with van der Waals surface area (Å²) in [5.41, 5.74) is 2.57. The van der Waals surface area contributed by atoms with Crippen LogP contribution in [0, 0.1) is 12.7 Å². The molecule has 3 heteroatoms. The molecule has 1 aromatic heterocycles. The molecule has 2 nitrogen and oxygen atoms in total. The molecule has 1 N–H and O–H groups in total. The molecule has 0 aliphatic carbocycles. The maximum atomic E-state index is 13.4. The Balaban J connectivity index is 1.95. The summed E-state index contributed by atoms with van der Waals surface area (Å²) >= 11 is 0. The number of rotatable bonds is 4. The predicted octanol–water partition coefficient (Wildman–Crippen LogP) is 4.93. The van der Waals surface area contributed by atoms with Crippen molar-refractivity contribution >= 4 is 5.69 Å². The quantitative estimate of drug-likeness (QED) is 0.733. The van der Waals surface area contributed by atoms with Gasteiger partial charge in [-0.2, -0.15) is 0 Å². The summed E-state index contributed by atoms with van der Waals surface area (Å²) in [6.45, 7) is 1.75. The number of benzene rings is 2. The minimum Gasteiger partial charge on any atom is -0.467 e. The number of aryl methyl sites for hydroxylation is 1. The highest BCUT2D eigenvalue weighted by atomic mass is 19.1. The van der Waals surface area contributed by atoms with Gasteiger partial charge in [-0.3, -0.25) is 0 Å². The number of furan rings is 1. The topological polar surface area (TPSA) is 25.2 Å². The van der Waals surface area contributed by atoms with Crippen LogP contribution in [-0.2, 0) is 0 Å². The smallest absolute Gasteiger partial charge is 0.130 e. The Hall–Kier alpha value is -2.55. The molecule has 0 aliphatic rings. The summed E-state index contributed by atoms with van der Waals surface area (Å²) in [6, 6.07) is 18.7. The number of nitrogens with one attached hydrogen (secondary N) is 1. The summed E-state index contributed by atoms with van der Waals surface area (Å²) in [4.78, 5) is 0. The summed E-state index contributed by atoms with van der Waals surface area (Å²) in [6.07, 6.45) is 1.66. The van der Waals surface area contributed by atoms with Gasteiger partial charge in [0.15, 0.2) is 0 Å². The fourth-order valence-corrected chi connectivity index (χ4v) is 2.32. The van der Waals surface area contributed by atoms with E-state index in [1.807, 2.05) is 42.5 Å². The van der Waals surface area contributed by atoms with Crippen LogP contribution in [0.3, 0.4) is 0 Å². The Labute approximate surface area is 123 Å². The molecule has 0 aliphatic heterocycles. The predicted molar refractivity (Wildman–Crippen MR) is 81.8 cm³/mol. The fourth-order valence-electron chi connectivity index (χ4n) is 2.32. The minimum atomic E-state index is -0.199. The van der Waals surface area contributed by atoms with Crippen molar-refractivity contribution in [3.8, 4) is 0 Å². The molecular weight excluding hydrogens is 265 g/mol. The van der Waals surface area contributed by atoms with Crippen LogP contribution in [0.25, 0.3) is 0 Å². The average Bonchev–Trinajstić information content (AvgIpc) is 3.03. The number of halogens is 1. The zero-order valence-electron chi connectivity index (χ0n) is 11.7. The molecule has 1 unspecified atom stereocenters. The van der Waals surface area contributed by atoms with Crippen molar-refractivity contribution in [3.63, 3.8) is 0 Å². The summed E-state index contributed by atoms with van der Waals surface area (Å²) in [7, 11) is 0. The van der Waals surface area contributed by atoms with Gasteiger partial charge < -0.3 is 9.73 Å². The standard InChI is InChI=1S/C18H16FNO/c1-13-12-15(9-10-16(13)19)20-18(17-8-5-11-21-17)14-6-3-2-4-7-14/h2-12,18,20H,1H3. The number of hydrogen-bond donors (Lipinski definition) is 1. The third kappa shape index (κ3) is 2.97. The van der Waals surface area contributed by atoms with Crippen LogP contribution in [0.15, 0.2) is 71.3 Å². The van der Waals surface area contributed by atoms with Crippen molar-refractivity contribution in [3.05, 3.63) is 89.6 Å². The van der Waals surface area contributed by atoms with Crippen LogP contribution in [0.1, 0.15) is 22.9 Å². The second kappa shape index (κ2) is 5.83. The molecule has 21 heavy (non-hydrogen) atoms. The Bertz CT molecular complexity index is 707. The first-order chi connectivity index (χ1) is 10.2. The van der Waals surface area contributed by atoms with Gasteiger partial charge in [0.2, 0.25) is 0 Å². The van der Waals surface area contributed by atoms with E-state index in [0.29, 0.717) is 5.56 Å². The average molecular weight is 281 g/mol. The van der Waals surface area contributed by atoms with Gasteiger partial charge in [0, 0.05) is 5.69 Å². The lowest BCUT2D eigenvalue weighted by molar-refractivity contribution is 0.499. The lowest BCUT2D eigenvalue weighted by Crippen LogP contribution is -2.11. The normalized spacial score (nSPS) is 12.1. The van der Waals surface area contributed by atoms with Gasteiger partial charge in [-0.15, -0.1) is 0 Å². The molecule has 0 radical (unpaired) electrons. The Kier molecular flexibility index (Phi) is 3.73. The van der Waals surface area contributed by atoms with Crippen LogP contribution < -0.4 is 5.32 Å². The Morgan fingerprint density at radius 3 is 2.48 bits per heavy atom. The van der Waals surface area contributed by atoms with Crippen molar-refractivity contribution in [2.24, 2.45) is 0 Å². The van der Waals surface area contributed by atoms with Crippen molar-refractivity contribution in [2.45, 2.75) is 13.0 Å². The Morgan fingerprint density at radius 1 is 1.00 bits per heavy atom. The molecule has 106 valence electrons. The zero-order valence-corrected chi connectivity index (χ0v) is 11.7. The van der Waals surface area contributed by atoms with Gasteiger partial charge >= 0.3 is 0 Å². The van der Waals surface area contributed by atoms with Gasteiger partial charge in [-0.25, -0.2) is 4.39 Å². The SMILES string of the molecule is Cc1cc(NC(c2ccccc2)c2ccco2)ccc1F. The van der Waals surface area contributed by atoms with Crippen LogP contribution in [0.4, 0.5) is 10.1 Å². The molecule has 0 spiro atoms. The molecule has 2 aromatic carbocycles. The highest BCUT2D eigenvalue weighted by molar-refractivity contribution is 5.50. The fraction of sp³-hybridized carbons (Fsp3) is 0.111. The van der Waals surface area contributed by atoms with Crippen LogP contribution in [0.5, 0.6) is 0 Å². The molecule has 3 rings (SSSR count). The van der Waals surface area contributed by atoms with E-state index in [1.54, 1.807) is 25.3 Å². The lowest BCUT2D eigenvalue weighted by Gasteiger charge is -2.19. The number of hydrogen-bond acceptors (Lipinski definition) is 2. The summed E-state index contributed by atoms with van der Waals surface area (Å²) < 4.78 is 18.9. The zero-order chi connectivity index (χ0) is 14.7. The van der Waals surface area contributed by atoms with E-state index in [0.717, 1.165) is 17.0 Å². The van der Waals surface area contributed by atoms with Crippen LogP contribution in [0.2, 0.25) is 0 Å². The first kappa shape index (κ1) is 13.4. The van der Waals surface area contributed by atoms with Gasteiger partial charge in [-0.1, -0.05) is 30.3 Å². The van der Waals surface area contributed by atoms with Crippen LogP contribution in [-0.4, -0.2) is 0 Å². The molecule has 0 bridgehead atoms. The van der Waals surface area contributed by atoms with E-state index < -0.39 is 0 Å². The summed E-state index contributed by atoms with van der Waals surface area (Å²) in [5, 5.41) is 3.41. The van der Waals surface area contributed by atoms with Gasteiger partial charge in [0.25, 0.3) is 0 Å². The second-order valence-electron chi connectivity index (χ2n) is 4.97. The molecule has 3 aromatic rings. The minimum absolute atomic E-state index is 0.105. The van der Waals surface area contributed by atoms with E-state index in [-0.39, 0.29) is 11.9 Å². The molecular formula is C18H16FNO. The maximum absolute atomic E-state index is 13.4. The van der Waals surface area contributed by atoms with Gasteiger partial charge in [-0.05, 0) is 48.4 Å². The van der Waals surface area contributed by atoms with E-state index >= 15 is 0 Å². The monoisotopic (exact) mass is 281 g/mol. The molecule has 0 saturated carbocycles. The third-order valence-electron chi connectivity index (χ3n) is 3.43. The number of anilines is 1. The lowest BCUT2D eigenvalue weighted by atomic mass is 10.0. The van der Waals surface area contributed by atoms with E-state index in [9.17, 15) is 4.39 Å². The van der Waals surface area contributed by atoms with Crippen LogP contribution >= 0.6 is 0 Å². The second-order valence-corrected chi connectivity index (χ2v) is 4.97. The third-order valence-corrected chi connectivity index (χ3v) is 3.43. The van der Waals surface area contributed by atoms with E-state index in [2.05, 4.69) is 5.32 Å². The first-order valence-corrected chi connectivity index (χ1v) is 6.85. The van der Waals surface area contributed by atoms with Gasteiger partial charge in [0.05, 0.1) is 6.26 Å². The van der Waals surface area contributed by atoms with E-state index in [4.69, 9.17) is 4.42 Å². The maximum Gasteiger partial charge on any atom is 0.130 e. The van der Waals surface area contributed by atoms with Crippen molar-refractivity contribution in [1.82, 2.24) is 0 Å². The van der Waals surface area contributed by atoms with Crippen molar-refractivity contribution in [1.29, 1.82) is 0 Å². The molecule has 1 heterocycles. The molecule has 1 atom stereocenters. The highest BCUT2D eigenvalue weighted by Crippen LogP contribution is 2.27. The molecule has 0 saturated heterocycles. The largest absolute Gasteiger partial charge is 0.467 e. The Morgan fingerprint density at radius 2 is 1.81 bits per heavy atom. The van der Waals surface area contributed by atoms with E-state index in [1.165, 1.54) is 6.07 Å². The first-order valence-electron chi connectivity index (χ1n) is 6.85. The molecule has 0 fully saturated rings. The van der Waals surface area contributed by atoms with Gasteiger partial charge in [0.1, 0.15) is 17.6 Å².